The van der Waals surface area contributed by atoms with Gasteiger partial charge in [0.15, 0.2) is 0 Å². The van der Waals surface area contributed by atoms with Crippen LogP contribution in [0.3, 0.4) is 0 Å². The molecular formula is C18H24O2. The van der Waals surface area contributed by atoms with E-state index in [1.165, 1.54) is 5.56 Å². The summed E-state index contributed by atoms with van der Waals surface area (Å²) in [5, 5.41) is 0. The minimum Gasteiger partial charge on any atom is -0.370 e. The van der Waals surface area contributed by atoms with Gasteiger partial charge in [0.25, 0.3) is 0 Å². The van der Waals surface area contributed by atoms with Gasteiger partial charge in [0.1, 0.15) is 5.60 Å². The van der Waals surface area contributed by atoms with Crippen molar-refractivity contribution in [2.24, 2.45) is 5.92 Å². The van der Waals surface area contributed by atoms with Gasteiger partial charge in [0, 0.05) is 6.42 Å². The highest BCUT2D eigenvalue weighted by Crippen LogP contribution is 2.49. The Morgan fingerprint density at radius 2 is 2.05 bits per heavy atom. The molecule has 2 bridgehead atoms. The van der Waals surface area contributed by atoms with Crippen molar-refractivity contribution in [1.29, 1.82) is 0 Å². The molecule has 1 aromatic rings. The van der Waals surface area contributed by atoms with Gasteiger partial charge in [0.05, 0.1) is 18.3 Å². The van der Waals surface area contributed by atoms with Gasteiger partial charge in [-0.3, -0.25) is 0 Å². The Labute approximate surface area is 121 Å². The van der Waals surface area contributed by atoms with Crippen LogP contribution in [-0.4, -0.2) is 17.3 Å². The zero-order valence-electron chi connectivity index (χ0n) is 12.6. The molecule has 108 valence electrons. The summed E-state index contributed by atoms with van der Waals surface area (Å²) in [5.41, 5.74) is 0.919. The van der Waals surface area contributed by atoms with E-state index < -0.39 is 0 Å². The fraction of sp³-hybridized carbons (Fsp3) is 0.556. The van der Waals surface area contributed by atoms with E-state index in [9.17, 15) is 0 Å². The Kier molecular flexibility index (Phi) is 3.47. The Hall–Kier alpha value is -1.12. The summed E-state index contributed by atoms with van der Waals surface area (Å²) in [6.07, 6.45) is 6.60. The second kappa shape index (κ2) is 5.01. The Bertz CT molecular complexity index is 493. The molecule has 2 heterocycles. The summed E-state index contributed by atoms with van der Waals surface area (Å²) < 4.78 is 12.6. The number of benzene rings is 1. The summed E-state index contributed by atoms with van der Waals surface area (Å²) in [4.78, 5) is 0. The lowest BCUT2D eigenvalue weighted by Gasteiger charge is -2.37. The van der Waals surface area contributed by atoms with E-state index in [2.05, 4.69) is 57.2 Å². The molecular weight excluding hydrogens is 248 g/mol. The predicted molar refractivity (Wildman–Crippen MR) is 80.5 cm³/mol. The molecule has 0 aromatic heterocycles. The molecule has 0 N–H and O–H groups in total. The molecule has 0 radical (unpaired) electrons. The lowest BCUT2D eigenvalue weighted by Crippen LogP contribution is -2.41. The maximum Gasteiger partial charge on any atom is 0.110 e. The molecule has 2 aliphatic heterocycles. The fourth-order valence-electron chi connectivity index (χ4n) is 3.41. The van der Waals surface area contributed by atoms with Crippen LogP contribution in [0.5, 0.6) is 0 Å². The van der Waals surface area contributed by atoms with Crippen molar-refractivity contribution in [2.45, 2.75) is 57.5 Å². The number of hydrogen-bond acceptors (Lipinski definition) is 2. The molecule has 3 atom stereocenters. The molecule has 1 saturated heterocycles. The first-order valence-corrected chi connectivity index (χ1v) is 7.57. The molecule has 20 heavy (non-hydrogen) atoms. The smallest absolute Gasteiger partial charge is 0.110 e. The zero-order chi connectivity index (χ0) is 14.2. The van der Waals surface area contributed by atoms with Gasteiger partial charge in [-0.2, -0.15) is 0 Å². The highest BCUT2D eigenvalue weighted by molar-refractivity contribution is 5.20. The van der Waals surface area contributed by atoms with Crippen LogP contribution >= 0.6 is 0 Å². The van der Waals surface area contributed by atoms with Crippen LogP contribution in [-0.2, 0) is 16.1 Å². The lowest BCUT2D eigenvalue weighted by atomic mass is 9.84. The maximum atomic E-state index is 6.42. The van der Waals surface area contributed by atoms with Gasteiger partial charge in [0.2, 0.25) is 0 Å². The second-order valence-corrected chi connectivity index (χ2v) is 6.60. The number of ether oxygens (including phenoxy) is 2. The Morgan fingerprint density at radius 3 is 2.70 bits per heavy atom. The average molecular weight is 272 g/mol. The summed E-state index contributed by atoms with van der Waals surface area (Å²) in [6.45, 7) is 7.31. The van der Waals surface area contributed by atoms with Crippen LogP contribution in [0.25, 0.3) is 0 Å². The largest absolute Gasteiger partial charge is 0.370 e. The van der Waals surface area contributed by atoms with Gasteiger partial charge >= 0.3 is 0 Å². The van der Waals surface area contributed by atoms with Crippen molar-refractivity contribution in [2.75, 3.05) is 0 Å². The second-order valence-electron chi connectivity index (χ2n) is 6.60. The minimum atomic E-state index is -0.267. The summed E-state index contributed by atoms with van der Waals surface area (Å²) in [6, 6.07) is 10.4. The first-order chi connectivity index (χ1) is 9.54. The van der Waals surface area contributed by atoms with Crippen LogP contribution in [0.1, 0.15) is 39.2 Å². The average Bonchev–Trinajstić information content (AvgIpc) is 2.64. The highest BCUT2D eigenvalue weighted by Gasteiger charge is 2.55. The first-order valence-electron chi connectivity index (χ1n) is 7.57. The molecule has 0 aliphatic carbocycles. The van der Waals surface area contributed by atoms with Crippen molar-refractivity contribution in [3.63, 3.8) is 0 Å². The SMILES string of the molecule is CC(C)[C@]12CC=C[C@@](C)(O1)[C@H](OCc1ccccc1)C2. The van der Waals surface area contributed by atoms with Gasteiger partial charge in [-0.1, -0.05) is 56.3 Å². The van der Waals surface area contributed by atoms with Crippen molar-refractivity contribution in [1.82, 2.24) is 0 Å². The molecule has 0 spiro atoms. The lowest BCUT2D eigenvalue weighted by molar-refractivity contribution is -0.123. The Morgan fingerprint density at radius 1 is 1.30 bits per heavy atom. The molecule has 2 nitrogen and oxygen atoms in total. The third-order valence-corrected chi connectivity index (χ3v) is 4.85. The molecule has 1 fully saturated rings. The van der Waals surface area contributed by atoms with Gasteiger partial charge < -0.3 is 9.47 Å². The van der Waals surface area contributed by atoms with Crippen LogP contribution < -0.4 is 0 Å². The predicted octanol–water partition coefficient (Wildman–Crippen LogP) is 4.11. The van der Waals surface area contributed by atoms with Crippen molar-refractivity contribution < 1.29 is 9.47 Å². The number of hydrogen-bond donors (Lipinski definition) is 0. The van der Waals surface area contributed by atoms with E-state index in [-0.39, 0.29) is 17.3 Å². The monoisotopic (exact) mass is 272 g/mol. The molecule has 0 amide bonds. The number of fused-ring (bicyclic) bond motifs is 2. The van der Waals surface area contributed by atoms with Crippen molar-refractivity contribution in [3.05, 3.63) is 48.0 Å². The Balaban J connectivity index is 1.73. The molecule has 2 heteroatoms. The molecule has 0 unspecified atom stereocenters. The quantitative estimate of drug-likeness (QED) is 0.768. The third-order valence-electron chi connectivity index (χ3n) is 4.85. The van der Waals surface area contributed by atoms with Gasteiger partial charge in [-0.25, -0.2) is 0 Å². The third kappa shape index (κ3) is 2.32. The van der Waals surface area contributed by atoms with E-state index in [1.807, 2.05) is 6.07 Å². The van der Waals surface area contributed by atoms with E-state index in [4.69, 9.17) is 9.47 Å². The highest BCUT2D eigenvalue weighted by atomic mass is 16.6. The zero-order valence-corrected chi connectivity index (χ0v) is 12.6. The minimum absolute atomic E-state index is 0.0369. The normalized spacial score (nSPS) is 35.7. The summed E-state index contributed by atoms with van der Waals surface area (Å²) >= 11 is 0. The van der Waals surface area contributed by atoms with Gasteiger partial charge in [-0.15, -0.1) is 0 Å². The molecule has 3 rings (SSSR count). The van der Waals surface area contributed by atoms with Crippen LogP contribution in [0.15, 0.2) is 42.5 Å². The van der Waals surface area contributed by atoms with Crippen molar-refractivity contribution in [3.8, 4) is 0 Å². The first kappa shape index (κ1) is 13.8. The van der Waals surface area contributed by atoms with E-state index >= 15 is 0 Å². The van der Waals surface area contributed by atoms with E-state index in [0.717, 1.165) is 12.8 Å². The van der Waals surface area contributed by atoms with Crippen LogP contribution in [0.2, 0.25) is 0 Å². The van der Waals surface area contributed by atoms with Crippen LogP contribution in [0.4, 0.5) is 0 Å². The molecule has 0 saturated carbocycles. The number of rotatable bonds is 4. The van der Waals surface area contributed by atoms with E-state index in [1.54, 1.807) is 0 Å². The summed E-state index contributed by atoms with van der Waals surface area (Å²) in [5.74, 6) is 0.511. The standard InChI is InChI=1S/C18H24O2/c1-14(2)18-11-7-10-17(3,20-18)16(12-18)19-13-15-8-5-4-6-9-15/h4-10,14,16H,11-13H2,1-3H3/t16-,17-,18-/m1/s1. The van der Waals surface area contributed by atoms with Crippen molar-refractivity contribution >= 4 is 0 Å². The maximum absolute atomic E-state index is 6.42. The fourth-order valence-corrected chi connectivity index (χ4v) is 3.41. The molecule has 1 aromatic carbocycles. The van der Waals surface area contributed by atoms with Crippen LogP contribution in [0, 0.1) is 5.92 Å². The topological polar surface area (TPSA) is 18.5 Å². The van der Waals surface area contributed by atoms with Gasteiger partial charge in [-0.05, 0) is 24.8 Å². The van der Waals surface area contributed by atoms with E-state index in [0.29, 0.717) is 12.5 Å². The molecule has 2 aliphatic rings. The summed E-state index contributed by atoms with van der Waals surface area (Å²) in [7, 11) is 0.